The van der Waals surface area contributed by atoms with Crippen molar-refractivity contribution in [2.24, 2.45) is 0 Å². The fourth-order valence-corrected chi connectivity index (χ4v) is 4.97. The van der Waals surface area contributed by atoms with Crippen molar-refractivity contribution < 1.29 is 17.9 Å². The Hall–Kier alpha value is -1.96. The molecule has 1 unspecified atom stereocenters. The predicted molar refractivity (Wildman–Crippen MR) is 117 cm³/mol. The van der Waals surface area contributed by atoms with E-state index in [4.69, 9.17) is 21.1 Å². The summed E-state index contributed by atoms with van der Waals surface area (Å²) in [6.45, 7) is 5.56. The summed E-state index contributed by atoms with van der Waals surface area (Å²) in [5.41, 5.74) is 2.62. The van der Waals surface area contributed by atoms with Gasteiger partial charge in [-0.25, -0.2) is 8.42 Å². The van der Waals surface area contributed by atoms with E-state index in [1.54, 1.807) is 19.2 Å². The summed E-state index contributed by atoms with van der Waals surface area (Å²) in [5, 5.41) is 3.76. The molecule has 29 heavy (non-hydrogen) atoms. The second-order valence-electron chi connectivity index (χ2n) is 7.19. The molecule has 2 aromatic rings. The quantitative estimate of drug-likeness (QED) is 0.746. The van der Waals surface area contributed by atoms with Crippen LogP contribution in [0.4, 0.5) is 5.69 Å². The number of ether oxygens (including phenoxy) is 2. The van der Waals surface area contributed by atoms with E-state index in [9.17, 15) is 8.42 Å². The van der Waals surface area contributed by atoms with Crippen LogP contribution in [-0.2, 0) is 9.84 Å². The number of nitrogens with one attached hydrogen (secondary N) is 1. The van der Waals surface area contributed by atoms with Crippen molar-refractivity contribution in [3.8, 4) is 11.5 Å². The second-order valence-corrected chi connectivity index (χ2v) is 9.58. The second kappa shape index (κ2) is 8.81. The minimum Gasteiger partial charge on any atom is -0.493 e. The molecule has 0 spiro atoms. The van der Waals surface area contributed by atoms with E-state index in [0.717, 1.165) is 43.0 Å². The first-order valence-corrected chi connectivity index (χ1v) is 11.7. The maximum Gasteiger partial charge on any atom is 0.179 e. The molecule has 1 fully saturated rings. The van der Waals surface area contributed by atoms with Gasteiger partial charge in [0, 0.05) is 44.0 Å². The van der Waals surface area contributed by atoms with E-state index in [1.807, 2.05) is 25.1 Å². The normalized spacial score (nSPS) is 15.8. The number of hydrogen-bond acceptors (Lipinski definition) is 6. The van der Waals surface area contributed by atoms with Gasteiger partial charge in [-0.15, -0.1) is 0 Å². The fourth-order valence-electron chi connectivity index (χ4n) is 3.70. The van der Waals surface area contributed by atoms with Crippen LogP contribution in [0.2, 0.25) is 5.02 Å². The van der Waals surface area contributed by atoms with Gasteiger partial charge < -0.3 is 19.7 Å². The Morgan fingerprint density at radius 2 is 1.79 bits per heavy atom. The van der Waals surface area contributed by atoms with Gasteiger partial charge in [-0.2, -0.15) is 0 Å². The molecule has 6 nitrogen and oxygen atoms in total. The van der Waals surface area contributed by atoms with Gasteiger partial charge in [-0.3, -0.25) is 0 Å². The lowest BCUT2D eigenvalue weighted by molar-refractivity contribution is 0.354. The number of sulfone groups is 1. The molecule has 0 bridgehead atoms. The maximum atomic E-state index is 12.5. The minimum atomic E-state index is -3.39. The highest BCUT2D eigenvalue weighted by Crippen LogP contribution is 2.41. The van der Waals surface area contributed by atoms with Crippen molar-refractivity contribution in [1.29, 1.82) is 0 Å². The fraction of sp³-hybridized carbons (Fsp3) is 0.429. The van der Waals surface area contributed by atoms with Crippen LogP contribution >= 0.6 is 11.6 Å². The topological polar surface area (TPSA) is 67.9 Å². The molecule has 2 aromatic carbocycles. The minimum absolute atomic E-state index is 0.208. The van der Waals surface area contributed by atoms with Crippen molar-refractivity contribution in [2.45, 2.75) is 17.7 Å². The van der Waals surface area contributed by atoms with Crippen molar-refractivity contribution in [3.63, 3.8) is 0 Å². The smallest absolute Gasteiger partial charge is 0.179 e. The maximum absolute atomic E-state index is 12.5. The number of anilines is 1. The molecule has 1 saturated heterocycles. The lowest BCUT2D eigenvalue weighted by atomic mass is 9.92. The van der Waals surface area contributed by atoms with E-state index in [-0.39, 0.29) is 5.92 Å². The van der Waals surface area contributed by atoms with E-state index in [2.05, 4.69) is 10.2 Å². The Morgan fingerprint density at radius 1 is 1.10 bits per heavy atom. The molecule has 0 aliphatic carbocycles. The highest BCUT2D eigenvalue weighted by atomic mass is 35.5. The van der Waals surface area contributed by atoms with Gasteiger partial charge in [0.2, 0.25) is 0 Å². The predicted octanol–water partition coefficient (Wildman–Crippen LogP) is 3.32. The number of nitrogens with zero attached hydrogens (tertiary/aromatic N) is 1. The number of piperazine rings is 1. The van der Waals surface area contributed by atoms with Crippen LogP contribution in [0.5, 0.6) is 11.5 Å². The summed E-state index contributed by atoms with van der Waals surface area (Å²) in [5.74, 6) is 0.768. The lowest BCUT2D eigenvalue weighted by Gasteiger charge is -2.30. The average Bonchev–Trinajstić information content (AvgIpc) is 2.72. The summed E-state index contributed by atoms with van der Waals surface area (Å²) in [6, 6.07) is 9.23. The lowest BCUT2D eigenvalue weighted by Crippen LogP contribution is -2.43. The van der Waals surface area contributed by atoms with Crippen LogP contribution in [0.3, 0.4) is 0 Å². The molecule has 1 atom stereocenters. The molecule has 1 aliphatic heterocycles. The zero-order valence-corrected chi connectivity index (χ0v) is 18.7. The molecule has 1 heterocycles. The van der Waals surface area contributed by atoms with Gasteiger partial charge in [-0.1, -0.05) is 18.5 Å². The van der Waals surface area contributed by atoms with Gasteiger partial charge in [0.15, 0.2) is 21.3 Å². The van der Waals surface area contributed by atoms with Crippen molar-refractivity contribution >= 4 is 27.1 Å². The zero-order valence-electron chi connectivity index (χ0n) is 17.2. The Bertz CT molecular complexity index is 988. The Kier molecular flexibility index (Phi) is 6.61. The molecule has 3 rings (SSSR count). The van der Waals surface area contributed by atoms with Gasteiger partial charge >= 0.3 is 0 Å². The molecule has 1 N–H and O–H groups in total. The zero-order chi connectivity index (χ0) is 21.2. The highest BCUT2D eigenvalue weighted by Gasteiger charge is 2.23. The summed E-state index contributed by atoms with van der Waals surface area (Å²) in [6.07, 6.45) is 1.24. The van der Waals surface area contributed by atoms with Crippen LogP contribution < -0.4 is 19.7 Å². The summed E-state index contributed by atoms with van der Waals surface area (Å²) >= 11 is 6.39. The van der Waals surface area contributed by atoms with E-state index >= 15 is 0 Å². The molecule has 0 saturated carbocycles. The standard InChI is InChI=1S/C21H27ClN2O4S/c1-14(15-11-18(22)21(28-3)19(12-15)27-2)17-13-16(24-9-7-23-8-10-24)5-6-20(17)29(4,25)26/h5-6,11-14,23H,7-10H2,1-4H3. The number of hydrogen-bond donors (Lipinski definition) is 1. The third-order valence-corrected chi connectivity index (χ3v) is 6.75. The molecule has 0 amide bonds. The largest absolute Gasteiger partial charge is 0.493 e. The number of benzene rings is 2. The van der Waals surface area contributed by atoms with Crippen LogP contribution in [0, 0.1) is 0 Å². The molecule has 0 aromatic heterocycles. The SMILES string of the molecule is COc1cc(C(C)c2cc(N3CCNCC3)ccc2S(C)(=O)=O)cc(Cl)c1OC. The third-order valence-electron chi connectivity index (χ3n) is 5.30. The van der Waals surface area contributed by atoms with Crippen LogP contribution in [0.25, 0.3) is 0 Å². The molecule has 0 radical (unpaired) electrons. The first-order chi connectivity index (χ1) is 13.8. The van der Waals surface area contributed by atoms with Gasteiger partial charge in [0.05, 0.1) is 24.1 Å². The summed E-state index contributed by atoms with van der Waals surface area (Å²) < 4.78 is 35.7. The highest BCUT2D eigenvalue weighted by molar-refractivity contribution is 7.90. The van der Waals surface area contributed by atoms with Crippen molar-refractivity contribution in [1.82, 2.24) is 5.32 Å². The van der Waals surface area contributed by atoms with E-state index in [1.165, 1.54) is 13.4 Å². The number of methoxy groups -OCH3 is 2. The van der Waals surface area contributed by atoms with Gasteiger partial charge in [0.25, 0.3) is 0 Å². The van der Waals surface area contributed by atoms with Crippen LogP contribution in [0.1, 0.15) is 24.0 Å². The molecular weight excluding hydrogens is 412 g/mol. The summed E-state index contributed by atoms with van der Waals surface area (Å²) in [4.78, 5) is 2.59. The monoisotopic (exact) mass is 438 g/mol. The third kappa shape index (κ3) is 4.63. The Labute approximate surface area is 177 Å². The molecule has 1 aliphatic rings. The van der Waals surface area contributed by atoms with Crippen LogP contribution in [0.15, 0.2) is 35.2 Å². The van der Waals surface area contributed by atoms with Crippen molar-refractivity contribution in [3.05, 3.63) is 46.5 Å². The summed E-state index contributed by atoms with van der Waals surface area (Å²) in [7, 11) is -0.308. The first-order valence-electron chi connectivity index (χ1n) is 9.47. The van der Waals surface area contributed by atoms with Gasteiger partial charge in [0.1, 0.15) is 0 Å². The number of rotatable bonds is 6. The van der Waals surface area contributed by atoms with Crippen LogP contribution in [-0.4, -0.2) is 55.1 Å². The molecule has 8 heteroatoms. The van der Waals surface area contributed by atoms with Crippen molar-refractivity contribution in [2.75, 3.05) is 51.6 Å². The first kappa shape index (κ1) is 21.7. The molecule has 158 valence electrons. The number of halogens is 1. The Morgan fingerprint density at radius 3 is 2.38 bits per heavy atom. The Balaban J connectivity index is 2.11. The molecular formula is C21H27ClN2O4S. The van der Waals surface area contributed by atoms with E-state index in [0.29, 0.717) is 21.4 Å². The average molecular weight is 439 g/mol. The van der Waals surface area contributed by atoms with Gasteiger partial charge in [-0.05, 0) is 41.5 Å². The van der Waals surface area contributed by atoms with E-state index < -0.39 is 9.84 Å².